The molecule has 21 heavy (non-hydrogen) atoms. The molecule has 0 radical (unpaired) electrons. The molecule has 0 bridgehead atoms. The minimum Gasteiger partial charge on any atom is -0.350 e. The zero-order chi connectivity index (χ0) is 15.5. The molecule has 2 rings (SSSR count). The summed E-state index contributed by atoms with van der Waals surface area (Å²) in [6.45, 7) is 2.12. The number of halogens is 1. The molecule has 2 aliphatic rings. The minimum atomic E-state index is -3.11. The van der Waals surface area contributed by atoms with Gasteiger partial charge in [-0.15, -0.1) is 11.6 Å². The molecular weight excluding hydrogens is 314 g/mol. The fourth-order valence-electron chi connectivity index (χ4n) is 2.96. The Labute approximate surface area is 131 Å². The normalized spacial score (nSPS) is 32.2. The van der Waals surface area contributed by atoms with E-state index in [1.54, 1.807) is 0 Å². The fourth-order valence-corrected chi connectivity index (χ4v) is 5.50. The van der Waals surface area contributed by atoms with E-state index in [1.807, 2.05) is 11.9 Å². The third kappa shape index (κ3) is 5.39. The summed E-state index contributed by atoms with van der Waals surface area (Å²) >= 11 is 5.98. The zero-order valence-corrected chi connectivity index (χ0v) is 13.9. The van der Waals surface area contributed by atoms with Crippen LogP contribution < -0.4 is 10.6 Å². The van der Waals surface area contributed by atoms with E-state index < -0.39 is 21.3 Å². The van der Waals surface area contributed by atoms with E-state index in [1.165, 1.54) is 12.8 Å². The molecule has 1 amide bonds. The monoisotopic (exact) mass is 337 g/mol. The molecule has 0 saturated carbocycles. The summed E-state index contributed by atoms with van der Waals surface area (Å²) in [6.07, 6.45) is 3.58. The standard InChI is InChI=1S/C13H24ClN3O3S/c1-17(6-10-4-2-3-5-15-10)7-13(18)16-12-9-21(19,20)8-11(12)14/h10-12,15H,2-9H2,1H3,(H,16,18). The molecule has 0 aromatic carbocycles. The number of hydrogen-bond donors (Lipinski definition) is 2. The van der Waals surface area contributed by atoms with Crippen LogP contribution in [0.15, 0.2) is 0 Å². The number of nitrogens with zero attached hydrogens (tertiary/aromatic N) is 1. The maximum absolute atomic E-state index is 12.0. The van der Waals surface area contributed by atoms with Crippen LogP contribution in [-0.4, -0.2) is 74.9 Å². The second-order valence-electron chi connectivity index (χ2n) is 6.11. The number of carbonyl (C=O) groups excluding carboxylic acids is 1. The predicted molar refractivity (Wildman–Crippen MR) is 83.4 cm³/mol. The molecule has 2 aliphatic heterocycles. The summed E-state index contributed by atoms with van der Waals surface area (Å²) in [5.74, 6) is -0.275. The number of sulfone groups is 1. The molecular formula is C13H24ClN3O3S. The Morgan fingerprint density at radius 1 is 1.38 bits per heavy atom. The first-order valence-corrected chi connectivity index (χ1v) is 9.67. The van der Waals surface area contributed by atoms with Crippen LogP contribution in [0.5, 0.6) is 0 Å². The van der Waals surface area contributed by atoms with Crippen LogP contribution in [0.2, 0.25) is 0 Å². The third-order valence-electron chi connectivity index (χ3n) is 3.99. The summed E-state index contributed by atoms with van der Waals surface area (Å²) in [5.41, 5.74) is 0. The number of hydrogen-bond acceptors (Lipinski definition) is 5. The van der Waals surface area contributed by atoms with Crippen molar-refractivity contribution in [1.29, 1.82) is 0 Å². The van der Waals surface area contributed by atoms with Gasteiger partial charge in [-0.3, -0.25) is 9.69 Å². The second-order valence-corrected chi connectivity index (χ2v) is 8.82. The summed E-state index contributed by atoms with van der Waals surface area (Å²) in [4.78, 5) is 13.9. The van der Waals surface area contributed by atoms with Gasteiger partial charge in [-0.1, -0.05) is 6.42 Å². The number of nitrogens with one attached hydrogen (secondary N) is 2. The molecule has 2 saturated heterocycles. The largest absolute Gasteiger partial charge is 0.350 e. The first-order valence-electron chi connectivity index (χ1n) is 7.41. The summed E-state index contributed by atoms with van der Waals surface area (Å²) in [6, 6.07) is -0.0328. The van der Waals surface area contributed by atoms with Gasteiger partial charge in [-0.25, -0.2) is 8.42 Å². The molecule has 0 aliphatic carbocycles. The van der Waals surface area contributed by atoms with Gasteiger partial charge in [-0.05, 0) is 26.4 Å². The topological polar surface area (TPSA) is 78.5 Å². The first-order chi connectivity index (χ1) is 9.85. The number of alkyl halides is 1. The zero-order valence-electron chi connectivity index (χ0n) is 12.3. The van der Waals surface area contributed by atoms with E-state index in [0.29, 0.717) is 6.04 Å². The van der Waals surface area contributed by atoms with Crippen LogP contribution >= 0.6 is 11.6 Å². The van der Waals surface area contributed by atoms with E-state index in [2.05, 4.69) is 10.6 Å². The van der Waals surface area contributed by atoms with Crippen LogP contribution in [0.25, 0.3) is 0 Å². The van der Waals surface area contributed by atoms with Crippen molar-refractivity contribution in [2.24, 2.45) is 0 Å². The molecule has 3 atom stereocenters. The van der Waals surface area contributed by atoms with E-state index in [9.17, 15) is 13.2 Å². The van der Waals surface area contributed by atoms with Crippen molar-refractivity contribution in [3.05, 3.63) is 0 Å². The van der Waals surface area contributed by atoms with Gasteiger partial charge in [0.1, 0.15) is 0 Å². The average molecular weight is 338 g/mol. The molecule has 0 spiro atoms. The molecule has 122 valence electrons. The Hall–Kier alpha value is -0.370. The highest BCUT2D eigenvalue weighted by Crippen LogP contribution is 2.17. The summed E-state index contributed by atoms with van der Waals surface area (Å²) in [5, 5.41) is 5.66. The maximum Gasteiger partial charge on any atom is 0.234 e. The molecule has 6 nitrogen and oxygen atoms in total. The van der Waals surface area contributed by atoms with E-state index in [4.69, 9.17) is 11.6 Å². The SMILES string of the molecule is CN(CC(=O)NC1CS(=O)(=O)CC1Cl)CC1CCCCN1. The van der Waals surface area contributed by atoms with Crippen molar-refractivity contribution in [2.45, 2.75) is 36.7 Å². The van der Waals surface area contributed by atoms with Gasteiger partial charge in [-0.2, -0.15) is 0 Å². The molecule has 2 fully saturated rings. The lowest BCUT2D eigenvalue weighted by Crippen LogP contribution is -2.48. The molecule has 2 N–H and O–H groups in total. The van der Waals surface area contributed by atoms with Crippen LogP contribution in [0.4, 0.5) is 0 Å². The Balaban J connectivity index is 1.73. The molecule has 3 unspecified atom stereocenters. The number of piperidine rings is 1. The first kappa shape index (κ1) is 17.0. The number of amides is 1. The van der Waals surface area contributed by atoms with Crippen LogP contribution in [0.3, 0.4) is 0 Å². The van der Waals surface area contributed by atoms with Gasteiger partial charge in [0.2, 0.25) is 5.91 Å². The Bertz CT molecular complexity index is 465. The molecule has 0 aromatic heterocycles. The molecule has 2 heterocycles. The van der Waals surface area contributed by atoms with Crippen molar-refractivity contribution in [1.82, 2.24) is 15.5 Å². The van der Waals surface area contributed by atoms with Gasteiger partial charge >= 0.3 is 0 Å². The summed E-state index contributed by atoms with van der Waals surface area (Å²) < 4.78 is 22.9. The van der Waals surface area contributed by atoms with E-state index in [0.717, 1.165) is 19.5 Å². The molecule has 8 heteroatoms. The Morgan fingerprint density at radius 2 is 2.14 bits per heavy atom. The smallest absolute Gasteiger partial charge is 0.234 e. The van der Waals surface area contributed by atoms with Crippen molar-refractivity contribution >= 4 is 27.3 Å². The number of carbonyl (C=O) groups is 1. The maximum atomic E-state index is 12.0. The van der Waals surface area contributed by atoms with Gasteiger partial charge in [0.05, 0.1) is 29.5 Å². The van der Waals surface area contributed by atoms with Crippen LogP contribution in [-0.2, 0) is 14.6 Å². The fraction of sp³-hybridized carbons (Fsp3) is 0.923. The van der Waals surface area contributed by atoms with Crippen molar-refractivity contribution in [3.8, 4) is 0 Å². The second kappa shape index (κ2) is 7.26. The van der Waals surface area contributed by atoms with Crippen molar-refractivity contribution in [2.75, 3.05) is 38.2 Å². The highest BCUT2D eigenvalue weighted by molar-refractivity contribution is 7.91. The Kier molecular flexibility index (Phi) is 5.88. The molecule has 0 aromatic rings. The average Bonchev–Trinajstić information content (AvgIpc) is 2.62. The van der Waals surface area contributed by atoms with Crippen molar-refractivity contribution in [3.63, 3.8) is 0 Å². The van der Waals surface area contributed by atoms with E-state index in [-0.39, 0.29) is 24.0 Å². The summed E-state index contributed by atoms with van der Waals surface area (Å²) in [7, 11) is -1.21. The van der Waals surface area contributed by atoms with Gasteiger partial charge in [0, 0.05) is 12.6 Å². The van der Waals surface area contributed by atoms with Crippen LogP contribution in [0.1, 0.15) is 19.3 Å². The quantitative estimate of drug-likeness (QED) is 0.666. The third-order valence-corrected chi connectivity index (χ3v) is 6.36. The highest BCUT2D eigenvalue weighted by atomic mass is 35.5. The number of likely N-dealkylation sites (N-methyl/N-ethyl adjacent to an activating group) is 1. The lowest BCUT2D eigenvalue weighted by Gasteiger charge is -2.28. The lowest BCUT2D eigenvalue weighted by molar-refractivity contribution is -0.122. The van der Waals surface area contributed by atoms with Gasteiger partial charge < -0.3 is 10.6 Å². The van der Waals surface area contributed by atoms with Gasteiger partial charge in [0.25, 0.3) is 0 Å². The van der Waals surface area contributed by atoms with Crippen molar-refractivity contribution < 1.29 is 13.2 Å². The predicted octanol–water partition coefficient (Wildman–Crippen LogP) is -0.419. The Morgan fingerprint density at radius 3 is 2.71 bits per heavy atom. The lowest BCUT2D eigenvalue weighted by atomic mass is 10.0. The van der Waals surface area contributed by atoms with E-state index >= 15 is 0 Å². The van der Waals surface area contributed by atoms with Gasteiger partial charge in [0.15, 0.2) is 9.84 Å². The highest BCUT2D eigenvalue weighted by Gasteiger charge is 2.37. The number of rotatable bonds is 5. The van der Waals surface area contributed by atoms with Crippen LogP contribution in [0, 0.1) is 0 Å². The minimum absolute atomic E-state index is 0.0542.